The van der Waals surface area contributed by atoms with Gasteiger partial charge in [-0.15, -0.1) is 0 Å². The fraction of sp³-hybridized carbons (Fsp3) is 0.316. The van der Waals surface area contributed by atoms with Crippen LogP contribution in [0.2, 0.25) is 0 Å². The average Bonchev–Trinajstić information content (AvgIpc) is 3.00. The van der Waals surface area contributed by atoms with E-state index < -0.39 is 0 Å². The lowest BCUT2D eigenvalue weighted by atomic mass is 9.90. The number of pyridine rings is 1. The van der Waals surface area contributed by atoms with Crippen molar-refractivity contribution in [1.82, 2.24) is 9.38 Å². The monoisotopic (exact) mass is 292 g/mol. The number of imidazole rings is 1. The SMILES string of the molecule is CCOc1cccn2cc(-c3ccc4c(c3)CCCC4)nc12. The van der Waals surface area contributed by atoms with Crippen molar-refractivity contribution in [3.63, 3.8) is 0 Å². The minimum atomic E-state index is 0.653. The lowest BCUT2D eigenvalue weighted by Crippen LogP contribution is -2.02. The summed E-state index contributed by atoms with van der Waals surface area (Å²) in [6.45, 7) is 2.65. The van der Waals surface area contributed by atoms with Gasteiger partial charge in [0.25, 0.3) is 0 Å². The summed E-state index contributed by atoms with van der Waals surface area (Å²) < 4.78 is 7.72. The van der Waals surface area contributed by atoms with E-state index in [2.05, 4.69) is 24.4 Å². The van der Waals surface area contributed by atoms with Crippen molar-refractivity contribution in [2.45, 2.75) is 32.6 Å². The van der Waals surface area contributed by atoms with Gasteiger partial charge in [-0.1, -0.05) is 12.1 Å². The lowest BCUT2D eigenvalue weighted by Gasteiger charge is -2.15. The molecule has 2 heterocycles. The van der Waals surface area contributed by atoms with Crippen molar-refractivity contribution >= 4 is 5.65 Å². The maximum absolute atomic E-state index is 5.68. The van der Waals surface area contributed by atoms with E-state index in [9.17, 15) is 0 Å². The van der Waals surface area contributed by atoms with E-state index in [-0.39, 0.29) is 0 Å². The Kier molecular flexibility index (Phi) is 3.34. The van der Waals surface area contributed by atoms with Crippen LogP contribution < -0.4 is 4.74 Å². The summed E-state index contributed by atoms with van der Waals surface area (Å²) in [5, 5.41) is 0. The third-order valence-electron chi connectivity index (χ3n) is 4.39. The van der Waals surface area contributed by atoms with Crippen LogP contribution in [-0.2, 0) is 12.8 Å². The number of rotatable bonds is 3. The zero-order valence-electron chi connectivity index (χ0n) is 12.9. The first kappa shape index (κ1) is 13.4. The first-order chi connectivity index (χ1) is 10.8. The Balaban J connectivity index is 1.79. The van der Waals surface area contributed by atoms with Gasteiger partial charge in [0.1, 0.15) is 0 Å². The van der Waals surface area contributed by atoms with E-state index in [1.807, 2.05) is 29.7 Å². The lowest BCUT2D eigenvalue weighted by molar-refractivity contribution is 0.342. The number of hydrogen-bond acceptors (Lipinski definition) is 2. The van der Waals surface area contributed by atoms with Crippen LogP contribution in [0.1, 0.15) is 30.9 Å². The number of aryl methyl sites for hydroxylation is 2. The van der Waals surface area contributed by atoms with Crippen LogP contribution in [0.4, 0.5) is 0 Å². The van der Waals surface area contributed by atoms with Crippen LogP contribution in [0.15, 0.2) is 42.7 Å². The van der Waals surface area contributed by atoms with Crippen molar-refractivity contribution < 1.29 is 4.74 Å². The number of nitrogens with zero attached hydrogens (tertiary/aromatic N) is 2. The van der Waals surface area contributed by atoms with E-state index in [1.165, 1.54) is 42.4 Å². The molecule has 0 amide bonds. The van der Waals surface area contributed by atoms with Gasteiger partial charge in [0.05, 0.1) is 12.3 Å². The molecule has 0 atom stereocenters. The van der Waals surface area contributed by atoms with Gasteiger partial charge >= 0.3 is 0 Å². The molecule has 0 unspecified atom stereocenters. The van der Waals surface area contributed by atoms with Crippen molar-refractivity contribution in [1.29, 1.82) is 0 Å². The van der Waals surface area contributed by atoms with Crippen LogP contribution in [-0.4, -0.2) is 16.0 Å². The van der Waals surface area contributed by atoms with Crippen LogP contribution in [0.3, 0.4) is 0 Å². The molecule has 2 aromatic heterocycles. The van der Waals surface area contributed by atoms with Crippen molar-refractivity contribution in [2.24, 2.45) is 0 Å². The van der Waals surface area contributed by atoms with Gasteiger partial charge in [-0.05, 0) is 61.9 Å². The Bertz CT molecular complexity index is 819. The quantitative estimate of drug-likeness (QED) is 0.720. The molecule has 3 aromatic rings. The van der Waals surface area contributed by atoms with Gasteiger partial charge in [-0.2, -0.15) is 0 Å². The maximum atomic E-state index is 5.68. The molecule has 3 nitrogen and oxygen atoms in total. The van der Waals surface area contributed by atoms with Gasteiger partial charge in [-0.3, -0.25) is 0 Å². The first-order valence-electron chi connectivity index (χ1n) is 8.08. The minimum Gasteiger partial charge on any atom is -0.490 e. The predicted molar refractivity (Wildman–Crippen MR) is 88.4 cm³/mol. The highest BCUT2D eigenvalue weighted by Gasteiger charge is 2.13. The second-order valence-electron chi connectivity index (χ2n) is 5.85. The third kappa shape index (κ3) is 2.27. The van der Waals surface area contributed by atoms with Crippen molar-refractivity contribution in [3.05, 3.63) is 53.9 Å². The van der Waals surface area contributed by atoms with Gasteiger partial charge in [0, 0.05) is 18.0 Å². The smallest absolute Gasteiger partial charge is 0.180 e. The van der Waals surface area contributed by atoms with Gasteiger partial charge in [0.2, 0.25) is 0 Å². The van der Waals surface area contributed by atoms with E-state index in [4.69, 9.17) is 9.72 Å². The number of fused-ring (bicyclic) bond motifs is 2. The molecule has 1 aliphatic rings. The van der Waals surface area contributed by atoms with E-state index >= 15 is 0 Å². The number of benzene rings is 1. The molecule has 1 aliphatic carbocycles. The first-order valence-corrected chi connectivity index (χ1v) is 8.08. The fourth-order valence-corrected chi connectivity index (χ4v) is 3.29. The molecule has 0 aliphatic heterocycles. The van der Waals surface area contributed by atoms with Crippen LogP contribution in [0.5, 0.6) is 5.75 Å². The predicted octanol–water partition coefficient (Wildman–Crippen LogP) is 4.28. The second kappa shape index (κ2) is 5.48. The molecule has 1 aromatic carbocycles. The van der Waals surface area contributed by atoms with E-state index in [1.54, 1.807) is 0 Å². The molecule has 22 heavy (non-hydrogen) atoms. The Morgan fingerprint density at radius 3 is 2.86 bits per heavy atom. The topological polar surface area (TPSA) is 26.5 Å². The van der Waals surface area contributed by atoms with Crippen LogP contribution in [0, 0.1) is 0 Å². The van der Waals surface area contributed by atoms with E-state index in [0.29, 0.717) is 6.61 Å². The number of hydrogen-bond donors (Lipinski definition) is 0. The Hall–Kier alpha value is -2.29. The maximum Gasteiger partial charge on any atom is 0.180 e. The summed E-state index contributed by atoms with van der Waals surface area (Å²) >= 11 is 0. The summed E-state index contributed by atoms with van der Waals surface area (Å²) in [6, 6.07) is 10.8. The standard InChI is InChI=1S/C19H20N2O/c1-2-22-18-8-5-11-21-13-17(20-19(18)21)16-10-9-14-6-3-4-7-15(14)12-16/h5,8-13H,2-4,6-7H2,1H3. The zero-order valence-corrected chi connectivity index (χ0v) is 12.9. The molecule has 0 N–H and O–H groups in total. The minimum absolute atomic E-state index is 0.653. The Labute approximate surface area is 130 Å². The van der Waals surface area contributed by atoms with Gasteiger partial charge in [-0.25, -0.2) is 4.98 Å². The summed E-state index contributed by atoms with van der Waals surface area (Å²) in [6.07, 6.45) is 9.14. The summed E-state index contributed by atoms with van der Waals surface area (Å²) in [7, 11) is 0. The summed E-state index contributed by atoms with van der Waals surface area (Å²) in [5.74, 6) is 0.842. The zero-order chi connectivity index (χ0) is 14.9. The third-order valence-corrected chi connectivity index (χ3v) is 4.39. The highest BCUT2D eigenvalue weighted by Crippen LogP contribution is 2.28. The van der Waals surface area contributed by atoms with E-state index in [0.717, 1.165) is 17.1 Å². The molecule has 4 rings (SSSR count). The molecule has 3 heteroatoms. The molecule has 0 bridgehead atoms. The molecule has 0 radical (unpaired) electrons. The molecule has 0 spiro atoms. The Morgan fingerprint density at radius 1 is 1.14 bits per heavy atom. The number of ether oxygens (including phenoxy) is 1. The largest absolute Gasteiger partial charge is 0.490 e. The molecular weight excluding hydrogens is 272 g/mol. The highest BCUT2D eigenvalue weighted by atomic mass is 16.5. The molecular formula is C19H20N2O. The van der Waals surface area contributed by atoms with Gasteiger partial charge < -0.3 is 9.14 Å². The molecule has 112 valence electrons. The fourth-order valence-electron chi connectivity index (χ4n) is 3.29. The van der Waals surface area contributed by atoms with Crippen LogP contribution >= 0.6 is 0 Å². The molecule has 0 fully saturated rings. The van der Waals surface area contributed by atoms with Crippen molar-refractivity contribution in [2.75, 3.05) is 6.61 Å². The normalized spacial score (nSPS) is 14.0. The summed E-state index contributed by atoms with van der Waals surface area (Å²) in [5.41, 5.74) is 6.10. The molecule has 0 saturated carbocycles. The molecule has 0 saturated heterocycles. The second-order valence-corrected chi connectivity index (χ2v) is 5.85. The van der Waals surface area contributed by atoms with Crippen molar-refractivity contribution in [3.8, 4) is 17.0 Å². The van der Waals surface area contributed by atoms with Crippen LogP contribution in [0.25, 0.3) is 16.9 Å². The average molecular weight is 292 g/mol. The highest BCUT2D eigenvalue weighted by molar-refractivity contribution is 5.67. The number of aromatic nitrogens is 2. The van der Waals surface area contributed by atoms with Gasteiger partial charge in [0.15, 0.2) is 11.4 Å². The Morgan fingerprint density at radius 2 is 2.00 bits per heavy atom. The summed E-state index contributed by atoms with van der Waals surface area (Å²) in [4.78, 5) is 4.79.